The van der Waals surface area contributed by atoms with E-state index in [0.29, 0.717) is 36.5 Å². The molecule has 1 aliphatic carbocycles. The van der Waals surface area contributed by atoms with Gasteiger partial charge in [-0.25, -0.2) is 9.37 Å². The minimum absolute atomic E-state index is 0.152. The molecule has 1 N–H and O–H groups in total. The highest BCUT2D eigenvalue weighted by molar-refractivity contribution is 5.86. The average molecular weight is 461 g/mol. The molecule has 2 aromatic heterocycles. The van der Waals surface area contributed by atoms with Crippen molar-refractivity contribution in [3.05, 3.63) is 58.5 Å². The van der Waals surface area contributed by atoms with Gasteiger partial charge in [0.25, 0.3) is 0 Å². The van der Waals surface area contributed by atoms with Crippen LogP contribution in [-0.2, 0) is 24.1 Å². The van der Waals surface area contributed by atoms with Gasteiger partial charge in [0.2, 0.25) is 11.7 Å². The van der Waals surface area contributed by atoms with E-state index in [2.05, 4.69) is 15.3 Å². The van der Waals surface area contributed by atoms with Gasteiger partial charge in [0.1, 0.15) is 12.5 Å². The molecule has 174 valence electrons. The Hall–Kier alpha value is -3.17. The summed E-state index contributed by atoms with van der Waals surface area (Å²) in [5, 5.41) is 3.24. The summed E-state index contributed by atoms with van der Waals surface area (Å²) in [6, 6.07) is 3.64. The maximum atomic E-state index is 13.5. The van der Waals surface area contributed by atoms with Gasteiger partial charge >= 0.3 is 6.18 Å². The molecule has 0 bridgehead atoms. The van der Waals surface area contributed by atoms with Crippen molar-refractivity contribution in [2.45, 2.75) is 52.0 Å². The van der Waals surface area contributed by atoms with Crippen LogP contribution in [0.2, 0.25) is 0 Å². The third kappa shape index (κ3) is 3.52. The molecule has 0 saturated heterocycles. The van der Waals surface area contributed by atoms with E-state index in [1.54, 1.807) is 34.7 Å². The van der Waals surface area contributed by atoms with Crippen LogP contribution in [0.25, 0.3) is 5.78 Å². The number of imidazole rings is 1. The first-order chi connectivity index (χ1) is 15.6. The van der Waals surface area contributed by atoms with Crippen molar-refractivity contribution in [2.24, 2.45) is 5.41 Å². The number of hydrogen-bond acceptors (Lipinski definition) is 4. The van der Waals surface area contributed by atoms with Crippen molar-refractivity contribution in [3.8, 4) is 0 Å². The topological polar surface area (TPSA) is 62.5 Å². The molecule has 1 unspecified atom stereocenters. The zero-order chi connectivity index (χ0) is 23.5. The zero-order valence-corrected chi connectivity index (χ0v) is 18.2. The van der Waals surface area contributed by atoms with E-state index in [-0.39, 0.29) is 18.0 Å². The van der Waals surface area contributed by atoms with Crippen LogP contribution in [0.3, 0.4) is 0 Å². The number of rotatable bonds is 5. The Morgan fingerprint density at radius 1 is 1.27 bits per heavy atom. The molecule has 1 aliphatic heterocycles. The number of amides is 1. The maximum Gasteiger partial charge on any atom is 0.416 e. The van der Waals surface area contributed by atoms with Crippen LogP contribution in [-0.4, -0.2) is 31.9 Å². The Kier molecular flexibility index (Phi) is 4.88. The number of halogens is 4. The van der Waals surface area contributed by atoms with Gasteiger partial charge in [0, 0.05) is 18.0 Å². The predicted molar refractivity (Wildman–Crippen MR) is 113 cm³/mol. The van der Waals surface area contributed by atoms with Gasteiger partial charge < -0.3 is 10.2 Å². The largest absolute Gasteiger partial charge is 0.416 e. The number of fused-ring (bicyclic) bond motifs is 3. The van der Waals surface area contributed by atoms with Crippen LogP contribution in [0.1, 0.15) is 53.8 Å². The summed E-state index contributed by atoms with van der Waals surface area (Å²) < 4.78 is 55.4. The second-order valence-electron chi connectivity index (χ2n) is 8.94. The van der Waals surface area contributed by atoms with Gasteiger partial charge in [-0.3, -0.25) is 9.20 Å². The van der Waals surface area contributed by atoms with E-state index in [4.69, 9.17) is 0 Å². The quantitative estimate of drug-likeness (QED) is 0.554. The molecule has 33 heavy (non-hydrogen) atoms. The monoisotopic (exact) mass is 461 g/mol. The Labute approximate surface area is 187 Å². The van der Waals surface area contributed by atoms with Crippen LogP contribution < -0.4 is 5.32 Å². The van der Waals surface area contributed by atoms with Crippen LogP contribution in [0, 0.1) is 12.3 Å². The molecule has 1 saturated carbocycles. The van der Waals surface area contributed by atoms with Crippen molar-refractivity contribution >= 4 is 17.5 Å². The third-order valence-electron chi connectivity index (χ3n) is 6.80. The van der Waals surface area contributed by atoms with E-state index >= 15 is 0 Å². The van der Waals surface area contributed by atoms with Crippen molar-refractivity contribution in [3.63, 3.8) is 0 Å². The zero-order valence-electron chi connectivity index (χ0n) is 18.2. The number of carbonyl (C=O) groups is 1. The molecule has 10 heteroatoms. The number of nitrogens with zero attached hydrogens (tertiary/aromatic N) is 4. The second kappa shape index (κ2) is 7.43. The summed E-state index contributed by atoms with van der Waals surface area (Å²) in [7, 11) is 0. The Bertz CT molecular complexity index is 1250. The van der Waals surface area contributed by atoms with E-state index in [1.165, 1.54) is 13.0 Å². The first-order valence-electron chi connectivity index (χ1n) is 10.8. The number of nitrogens with one attached hydrogen (secondary N) is 1. The Balaban J connectivity index is 1.49. The van der Waals surface area contributed by atoms with Crippen molar-refractivity contribution < 1.29 is 22.4 Å². The summed E-state index contributed by atoms with van der Waals surface area (Å²) in [6.07, 6.45) is 0.00241. The van der Waals surface area contributed by atoms with Gasteiger partial charge in [-0.15, -0.1) is 0 Å². The summed E-state index contributed by atoms with van der Waals surface area (Å²) >= 11 is 0. The smallest absolute Gasteiger partial charge is 0.363 e. The molecule has 0 radical (unpaired) electrons. The van der Waals surface area contributed by atoms with Crippen LogP contribution in [0.4, 0.5) is 23.4 Å². The number of benzene rings is 1. The molecule has 2 aliphatic rings. The SMILES string of the molecule is Cc1c(C(C)Nc2nc3nccn3c3c2CN(C(=O)C2(CF)CC2)C3)cccc1C(F)(F)F. The molecule has 1 aromatic carbocycles. The van der Waals surface area contributed by atoms with Gasteiger partial charge in [-0.05, 0) is 43.9 Å². The standard InChI is InChI=1S/C23H23F4N5O/c1-13-15(4-3-5-17(13)23(25,26)27)14(2)29-19-16-10-31(20(33)22(12-24)6-7-22)11-18(16)32-9-8-28-21(32)30-19/h3-5,8-9,14H,6-7,10-12H2,1-2H3,(H,28,29,30). The maximum absolute atomic E-state index is 13.5. The van der Waals surface area contributed by atoms with E-state index < -0.39 is 29.9 Å². The van der Waals surface area contributed by atoms with Crippen molar-refractivity contribution in [1.29, 1.82) is 0 Å². The lowest BCUT2D eigenvalue weighted by atomic mass is 9.97. The van der Waals surface area contributed by atoms with Gasteiger partial charge in [0.15, 0.2) is 0 Å². The Morgan fingerprint density at radius 2 is 2.03 bits per heavy atom. The lowest BCUT2D eigenvalue weighted by molar-refractivity contribution is -0.139. The number of aromatic nitrogens is 3. The summed E-state index contributed by atoms with van der Waals surface area (Å²) in [4.78, 5) is 23.4. The highest BCUT2D eigenvalue weighted by Crippen LogP contribution is 2.49. The van der Waals surface area contributed by atoms with Crippen LogP contribution in [0.5, 0.6) is 0 Å². The fraction of sp³-hybridized carbons (Fsp3) is 0.435. The predicted octanol–water partition coefficient (Wildman–Crippen LogP) is 4.82. The molecule has 3 aromatic rings. The molecular formula is C23H23F4N5O. The fourth-order valence-corrected chi connectivity index (χ4v) is 4.67. The summed E-state index contributed by atoms with van der Waals surface area (Å²) in [5.74, 6) is 0.681. The number of alkyl halides is 4. The molecule has 6 nitrogen and oxygen atoms in total. The highest BCUT2D eigenvalue weighted by atomic mass is 19.4. The van der Waals surface area contributed by atoms with Gasteiger partial charge in [-0.1, -0.05) is 12.1 Å². The van der Waals surface area contributed by atoms with Gasteiger partial charge in [0.05, 0.1) is 35.8 Å². The van der Waals surface area contributed by atoms with E-state index in [9.17, 15) is 22.4 Å². The first-order valence-corrected chi connectivity index (χ1v) is 10.8. The van der Waals surface area contributed by atoms with Gasteiger partial charge in [-0.2, -0.15) is 18.2 Å². The lowest BCUT2D eigenvalue weighted by Gasteiger charge is -2.22. The summed E-state index contributed by atoms with van der Waals surface area (Å²) in [6.45, 7) is 3.11. The van der Waals surface area contributed by atoms with Crippen molar-refractivity contribution in [1.82, 2.24) is 19.3 Å². The number of anilines is 1. The molecular weight excluding hydrogens is 438 g/mol. The first kappa shape index (κ1) is 21.7. The molecule has 1 amide bonds. The second-order valence-corrected chi connectivity index (χ2v) is 8.94. The molecule has 1 fully saturated rings. The van der Waals surface area contributed by atoms with Crippen LogP contribution >= 0.6 is 0 Å². The fourth-order valence-electron chi connectivity index (χ4n) is 4.67. The number of hydrogen-bond donors (Lipinski definition) is 1. The van der Waals surface area contributed by atoms with Crippen LogP contribution in [0.15, 0.2) is 30.6 Å². The summed E-state index contributed by atoms with van der Waals surface area (Å²) in [5.41, 5.74) is 0.659. The Morgan fingerprint density at radius 3 is 2.70 bits per heavy atom. The average Bonchev–Trinajstić information content (AvgIpc) is 3.20. The third-order valence-corrected chi connectivity index (χ3v) is 6.80. The van der Waals surface area contributed by atoms with E-state index in [0.717, 1.165) is 17.3 Å². The highest BCUT2D eigenvalue weighted by Gasteiger charge is 2.53. The molecule has 1 atom stereocenters. The van der Waals surface area contributed by atoms with Crippen molar-refractivity contribution in [2.75, 3.05) is 12.0 Å². The molecule has 0 spiro atoms. The normalized spacial score (nSPS) is 17.8. The minimum atomic E-state index is -4.44. The van der Waals surface area contributed by atoms with E-state index in [1.807, 2.05) is 0 Å². The number of carbonyl (C=O) groups excluding carboxylic acids is 1. The molecule has 5 rings (SSSR count). The lowest BCUT2D eigenvalue weighted by Crippen LogP contribution is -2.34. The minimum Gasteiger partial charge on any atom is -0.363 e. The molecule has 3 heterocycles.